The van der Waals surface area contributed by atoms with Gasteiger partial charge in [0.25, 0.3) is 0 Å². The first-order chi connectivity index (χ1) is 12.3. The number of hydrogen-bond acceptors (Lipinski definition) is 1. The molecular formula is C23H13BrS. The van der Waals surface area contributed by atoms with Gasteiger partial charge in [-0.1, -0.05) is 60.7 Å². The Labute approximate surface area is 157 Å². The van der Waals surface area contributed by atoms with Crippen LogP contribution in [-0.2, 0) is 6.42 Å². The van der Waals surface area contributed by atoms with Gasteiger partial charge in [-0.15, -0.1) is 11.3 Å². The fourth-order valence-corrected chi connectivity index (χ4v) is 6.25. The van der Waals surface area contributed by atoms with Crippen LogP contribution in [0.5, 0.6) is 0 Å². The Balaban J connectivity index is 1.86. The summed E-state index contributed by atoms with van der Waals surface area (Å²) in [6.45, 7) is 0. The van der Waals surface area contributed by atoms with Gasteiger partial charge in [0.1, 0.15) is 0 Å². The van der Waals surface area contributed by atoms with Gasteiger partial charge in [0.2, 0.25) is 0 Å². The SMILES string of the molecule is Brc1cc2ccccc2c2c1sc1c3c(ccc12)Cc1ccccc1-3. The molecule has 1 aliphatic carbocycles. The van der Waals surface area contributed by atoms with E-state index in [4.69, 9.17) is 0 Å². The van der Waals surface area contributed by atoms with Crippen LogP contribution in [0.2, 0.25) is 0 Å². The molecule has 0 fully saturated rings. The molecule has 4 aromatic carbocycles. The molecule has 1 aliphatic rings. The van der Waals surface area contributed by atoms with Crippen molar-refractivity contribution < 1.29 is 0 Å². The Hall–Kier alpha value is -2.16. The molecule has 0 amide bonds. The molecule has 0 spiro atoms. The first kappa shape index (κ1) is 14.1. The zero-order valence-electron chi connectivity index (χ0n) is 13.3. The van der Waals surface area contributed by atoms with Crippen molar-refractivity contribution in [2.75, 3.05) is 0 Å². The standard InChI is InChI=1S/C23H13BrS/c24-19-12-14-6-2-4-8-17(14)21-18-10-9-15-11-13-5-1-3-7-16(13)20(15)22(18)25-23(19)21/h1-10,12H,11H2. The number of benzene rings is 4. The van der Waals surface area contributed by atoms with Gasteiger partial charge < -0.3 is 0 Å². The van der Waals surface area contributed by atoms with Crippen molar-refractivity contribution in [1.82, 2.24) is 0 Å². The van der Waals surface area contributed by atoms with Crippen LogP contribution in [0.15, 0.2) is 71.2 Å². The maximum atomic E-state index is 3.82. The quantitative estimate of drug-likeness (QED) is 0.247. The summed E-state index contributed by atoms with van der Waals surface area (Å²) in [5, 5.41) is 5.41. The Morgan fingerprint density at radius 3 is 2.56 bits per heavy atom. The van der Waals surface area contributed by atoms with Crippen molar-refractivity contribution in [3.05, 3.63) is 82.3 Å². The third-order valence-electron chi connectivity index (χ3n) is 5.34. The summed E-state index contributed by atoms with van der Waals surface area (Å²) < 4.78 is 3.98. The molecule has 0 atom stereocenters. The Bertz CT molecular complexity index is 1330. The van der Waals surface area contributed by atoms with Crippen LogP contribution in [0, 0.1) is 0 Å². The minimum atomic E-state index is 1.05. The molecule has 0 nitrogen and oxygen atoms in total. The minimum Gasteiger partial charge on any atom is -0.133 e. The van der Waals surface area contributed by atoms with Crippen LogP contribution in [-0.4, -0.2) is 0 Å². The molecule has 0 saturated carbocycles. The molecule has 0 bridgehead atoms. The predicted octanol–water partition coefficient (Wildman–Crippen LogP) is 7.54. The number of fused-ring (bicyclic) bond motifs is 9. The van der Waals surface area contributed by atoms with Gasteiger partial charge in [-0.05, 0) is 55.9 Å². The van der Waals surface area contributed by atoms with E-state index in [2.05, 4.69) is 82.7 Å². The maximum Gasteiger partial charge on any atom is 0.0504 e. The van der Waals surface area contributed by atoms with Gasteiger partial charge >= 0.3 is 0 Å². The molecule has 0 aliphatic heterocycles. The lowest BCUT2D eigenvalue weighted by atomic mass is 10.00. The van der Waals surface area contributed by atoms with Gasteiger partial charge in [0.05, 0.1) is 4.70 Å². The zero-order chi connectivity index (χ0) is 16.5. The molecule has 6 rings (SSSR count). The molecule has 1 aromatic heterocycles. The second-order valence-corrected chi connectivity index (χ2v) is 8.57. The number of hydrogen-bond donors (Lipinski definition) is 0. The Kier molecular flexibility index (Phi) is 2.77. The number of rotatable bonds is 0. The lowest BCUT2D eigenvalue weighted by Gasteiger charge is -2.04. The van der Waals surface area contributed by atoms with E-state index in [-0.39, 0.29) is 0 Å². The van der Waals surface area contributed by atoms with E-state index in [1.807, 2.05) is 11.3 Å². The molecule has 0 N–H and O–H groups in total. The van der Waals surface area contributed by atoms with Crippen LogP contribution in [0.25, 0.3) is 42.1 Å². The van der Waals surface area contributed by atoms with E-state index >= 15 is 0 Å². The number of halogens is 1. The summed E-state index contributed by atoms with van der Waals surface area (Å²) in [4.78, 5) is 0. The van der Waals surface area contributed by atoms with E-state index in [1.54, 1.807) is 0 Å². The van der Waals surface area contributed by atoms with E-state index in [0.717, 1.165) is 6.42 Å². The van der Waals surface area contributed by atoms with Crippen LogP contribution in [0.4, 0.5) is 0 Å². The van der Waals surface area contributed by atoms with E-state index < -0.39 is 0 Å². The minimum absolute atomic E-state index is 1.05. The second kappa shape index (κ2) is 4.94. The average molecular weight is 401 g/mol. The third-order valence-corrected chi connectivity index (χ3v) is 7.49. The molecular weight excluding hydrogens is 388 g/mol. The summed E-state index contributed by atoms with van der Waals surface area (Å²) in [5.41, 5.74) is 5.77. The smallest absolute Gasteiger partial charge is 0.0504 e. The summed E-state index contributed by atoms with van der Waals surface area (Å²) in [5.74, 6) is 0. The van der Waals surface area contributed by atoms with Crippen LogP contribution >= 0.6 is 27.3 Å². The van der Waals surface area contributed by atoms with Gasteiger partial charge in [-0.25, -0.2) is 0 Å². The first-order valence-electron chi connectivity index (χ1n) is 8.45. The van der Waals surface area contributed by atoms with Gasteiger partial charge in [-0.2, -0.15) is 0 Å². The highest BCUT2D eigenvalue weighted by molar-refractivity contribution is 9.10. The topological polar surface area (TPSA) is 0 Å². The summed E-state index contributed by atoms with van der Waals surface area (Å²) in [6, 6.07) is 24.5. The van der Waals surface area contributed by atoms with Crippen molar-refractivity contribution >= 4 is 58.2 Å². The fraction of sp³-hybridized carbons (Fsp3) is 0.0435. The third kappa shape index (κ3) is 1.81. The van der Waals surface area contributed by atoms with Gasteiger partial charge in [-0.3, -0.25) is 0 Å². The van der Waals surface area contributed by atoms with Crippen LogP contribution in [0.3, 0.4) is 0 Å². The predicted molar refractivity (Wildman–Crippen MR) is 113 cm³/mol. The Morgan fingerprint density at radius 1 is 0.760 bits per heavy atom. The fourth-order valence-electron chi connectivity index (χ4n) is 4.26. The van der Waals surface area contributed by atoms with Crippen molar-refractivity contribution in [2.24, 2.45) is 0 Å². The van der Waals surface area contributed by atoms with Crippen molar-refractivity contribution in [2.45, 2.75) is 6.42 Å². The van der Waals surface area contributed by atoms with Gasteiger partial charge in [0, 0.05) is 25.5 Å². The van der Waals surface area contributed by atoms with Crippen LogP contribution < -0.4 is 0 Å². The normalized spacial score (nSPS) is 12.8. The van der Waals surface area contributed by atoms with Crippen molar-refractivity contribution in [3.63, 3.8) is 0 Å². The largest absolute Gasteiger partial charge is 0.133 e. The number of thiophene rings is 1. The molecule has 118 valence electrons. The Morgan fingerprint density at radius 2 is 1.60 bits per heavy atom. The summed E-state index contributed by atoms with van der Waals surface area (Å²) in [7, 11) is 0. The maximum absolute atomic E-state index is 3.82. The lowest BCUT2D eigenvalue weighted by Crippen LogP contribution is -1.80. The second-order valence-electron chi connectivity index (χ2n) is 6.70. The molecule has 5 aromatic rings. The monoisotopic (exact) mass is 400 g/mol. The highest BCUT2D eigenvalue weighted by atomic mass is 79.9. The molecule has 2 heteroatoms. The summed E-state index contributed by atoms with van der Waals surface area (Å²) in [6.07, 6.45) is 1.05. The zero-order valence-corrected chi connectivity index (χ0v) is 15.7. The van der Waals surface area contributed by atoms with Crippen molar-refractivity contribution in [1.29, 1.82) is 0 Å². The van der Waals surface area contributed by atoms with E-state index in [9.17, 15) is 0 Å². The van der Waals surface area contributed by atoms with Gasteiger partial charge in [0.15, 0.2) is 0 Å². The molecule has 0 radical (unpaired) electrons. The molecule has 0 unspecified atom stereocenters. The highest BCUT2D eigenvalue weighted by Crippen LogP contribution is 2.49. The molecule has 0 saturated heterocycles. The van der Waals surface area contributed by atoms with E-state index in [1.165, 1.54) is 57.7 Å². The lowest BCUT2D eigenvalue weighted by molar-refractivity contribution is 1.27. The van der Waals surface area contributed by atoms with Crippen molar-refractivity contribution in [3.8, 4) is 11.1 Å². The highest BCUT2D eigenvalue weighted by Gasteiger charge is 2.23. The summed E-state index contributed by atoms with van der Waals surface area (Å²) >= 11 is 5.74. The van der Waals surface area contributed by atoms with E-state index in [0.29, 0.717) is 0 Å². The molecule has 25 heavy (non-hydrogen) atoms. The molecule has 1 heterocycles. The first-order valence-corrected chi connectivity index (χ1v) is 10.1. The van der Waals surface area contributed by atoms with Crippen LogP contribution in [0.1, 0.15) is 11.1 Å². The average Bonchev–Trinajstić information content (AvgIpc) is 3.20.